The van der Waals surface area contributed by atoms with Gasteiger partial charge in [-0.1, -0.05) is 37.2 Å². The Labute approximate surface area is 350 Å². The molecule has 4 rings (SSSR count). The molecule has 3 aromatic rings. The molecular weight excluding hydrogens is 907 g/mol. The number of aromatic nitrogens is 4. The fourth-order valence-corrected chi connectivity index (χ4v) is 8.81. The predicted octanol–water partition coefficient (Wildman–Crippen LogP) is 0.786. The lowest BCUT2D eigenvalue weighted by Gasteiger charge is -2.30. The van der Waals surface area contributed by atoms with Gasteiger partial charge in [-0.05, 0) is 31.2 Å². The van der Waals surface area contributed by atoms with Crippen LogP contribution >= 0.6 is 46.8 Å². The number of anilines is 1. The highest BCUT2D eigenvalue weighted by Crippen LogP contribution is 2.61. The van der Waals surface area contributed by atoms with Crippen LogP contribution in [0.5, 0.6) is 5.75 Å². The van der Waals surface area contributed by atoms with Gasteiger partial charge in [0.1, 0.15) is 42.0 Å². The number of hydrogen-bond acceptors (Lipinski definition) is 19. The molecule has 1 aliphatic rings. The summed E-state index contributed by atoms with van der Waals surface area (Å²) in [5, 5.41) is 26.6. The van der Waals surface area contributed by atoms with Crippen molar-refractivity contribution in [1.29, 1.82) is 0 Å². The molecule has 60 heavy (non-hydrogen) atoms. The first kappa shape index (κ1) is 49.5. The first-order chi connectivity index (χ1) is 27.9. The Kier molecular flexibility index (Phi) is 17.2. The van der Waals surface area contributed by atoms with Gasteiger partial charge in [0.25, 0.3) is 0 Å². The summed E-state index contributed by atoms with van der Waals surface area (Å²) in [4.78, 5) is 88.2. The number of nitrogens with zero attached hydrogens (tertiary/aromatic N) is 4. The van der Waals surface area contributed by atoms with E-state index in [-0.39, 0.29) is 47.4 Å². The number of hydrogen-bond donors (Lipinski definition) is 9. The van der Waals surface area contributed by atoms with Gasteiger partial charge in [-0.25, -0.2) is 28.6 Å². The minimum atomic E-state index is -5.59. The third-order valence-electron chi connectivity index (χ3n) is 8.20. The standard InChI is InChI=1S/C30H43ClN7O18P3S/c1-16(53-18-6-4-17(31)5-7-18)29(43)60-11-10-33-20(39)8-9-34-27(42)24(41)30(2,3)13-52-59(49,50)56-58(47,48)51-12-19-23(55-57(44,45)46)22(40)28(54-19)38-15-37-21-25(32)35-14-36-26(21)38/h4-7,14-16,19,22-24,28,40-41H,8-13H2,1-3H3,(H,33,39)(H,34,42)(H,47,48)(H,49,50)(H2,32,35,36)(H2,44,45,46)/t16-,19+,22+,23+,24?,28+/m0/s1. The molecule has 2 aromatic heterocycles. The Morgan fingerprint density at radius 1 is 1.03 bits per heavy atom. The minimum absolute atomic E-state index is 0.0247. The monoisotopic (exact) mass is 949 g/mol. The quantitative estimate of drug-likeness (QED) is 0.0496. The number of carbonyl (C=O) groups excluding carboxylic acids is 3. The number of aliphatic hydroxyl groups excluding tert-OH is 2. The molecule has 1 fully saturated rings. The van der Waals surface area contributed by atoms with E-state index >= 15 is 0 Å². The van der Waals surface area contributed by atoms with Crippen LogP contribution in [0.25, 0.3) is 11.2 Å². The predicted molar refractivity (Wildman–Crippen MR) is 209 cm³/mol. The largest absolute Gasteiger partial charge is 0.482 e. The molecule has 0 bridgehead atoms. The molecule has 1 aromatic carbocycles. The molecular formula is C30H43ClN7O18P3S. The number of benzene rings is 1. The molecule has 0 saturated carbocycles. The third-order valence-corrected chi connectivity index (χ3v) is 12.6. The van der Waals surface area contributed by atoms with Crippen molar-refractivity contribution in [2.75, 3.05) is 37.8 Å². The second kappa shape index (κ2) is 20.8. The third kappa shape index (κ3) is 14.5. The lowest BCUT2D eigenvalue weighted by Crippen LogP contribution is -2.46. The number of halogens is 1. The molecule has 2 amide bonds. The van der Waals surface area contributed by atoms with Crippen molar-refractivity contribution in [3.8, 4) is 5.75 Å². The molecule has 3 unspecified atom stereocenters. The van der Waals surface area contributed by atoms with Crippen LogP contribution in [-0.2, 0) is 50.7 Å². The van der Waals surface area contributed by atoms with E-state index in [0.29, 0.717) is 10.8 Å². The molecule has 1 aliphatic heterocycles. The van der Waals surface area contributed by atoms with Gasteiger partial charge in [-0.3, -0.25) is 32.5 Å². The summed E-state index contributed by atoms with van der Waals surface area (Å²) in [5.41, 5.74) is 4.23. The van der Waals surface area contributed by atoms with Crippen molar-refractivity contribution < 1.29 is 85.2 Å². The molecule has 8 atom stereocenters. The van der Waals surface area contributed by atoms with Crippen molar-refractivity contribution >= 4 is 80.7 Å². The maximum Gasteiger partial charge on any atom is 0.481 e. The number of rotatable bonds is 22. The van der Waals surface area contributed by atoms with Crippen LogP contribution in [0.4, 0.5) is 5.82 Å². The molecule has 10 N–H and O–H groups in total. The van der Waals surface area contributed by atoms with Crippen LogP contribution in [0.15, 0.2) is 36.9 Å². The average Bonchev–Trinajstić information content (AvgIpc) is 3.72. The first-order valence-corrected chi connectivity index (χ1v) is 23.2. The summed E-state index contributed by atoms with van der Waals surface area (Å²) in [6, 6.07) is 6.48. The Hall–Kier alpha value is -3.13. The second-order valence-electron chi connectivity index (χ2n) is 13.5. The van der Waals surface area contributed by atoms with Gasteiger partial charge in [0.05, 0.1) is 19.5 Å². The zero-order chi connectivity index (χ0) is 44.6. The molecule has 0 radical (unpaired) electrons. The lowest BCUT2D eigenvalue weighted by molar-refractivity contribution is -0.137. The Morgan fingerprint density at radius 2 is 1.70 bits per heavy atom. The van der Waals surface area contributed by atoms with Crippen molar-refractivity contribution in [1.82, 2.24) is 30.2 Å². The van der Waals surface area contributed by atoms with Crippen molar-refractivity contribution in [2.24, 2.45) is 5.41 Å². The van der Waals surface area contributed by atoms with Crippen LogP contribution in [0.3, 0.4) is 0 Å². The topological polar surface area (TPSA) is 373 Å². The number of thioether (sulfide) groups is 1. The molecule has 0 spiro atoms. The van der Waals surface area contributed by atoms with Crippen molar-refractivity contribution in [3.63, 3.8) is 0 Å². The first-order valence-electron chi connectivity index (χ1n) is 17.4. The van der Waals surface area contributed by atoms with E-state index in [4.69, 9.17) is 35.9 Å². The molecule has 334 valence electrons. The minimum Gasteiger partial charge on any atom is -0.482 e. The zero-order valence-corrected chi connectivity index (χ0v) is 36.0. The van der Waals surface area contributed by atoms with Gasteiger partial charge >= 0.3 is 23.5 Å². The molecule has 30 heteroatoms. The molecule has 0 aliphatic carbocycles. The number of fused-ring (bicyclic) bond motifs is 1. The van der Waals surface area contributed by atoms with Crippen molar-refractivity contribution in [2.45, 2.75) is 63.9 Å². The summed E-state index contributed by atoms with van der Waals surface area (Å²) in [5.74, 6) is -0.825. The van der Waals surface area contributed by atoms with E-state index in [1.54, 1.807) is 31.2 Å². The Morgan fingerprint density at radius 3 is 2.37 bits per heavy atom. The lowest BCUT2D eigenvalue weighted by atomic mass is 9.87. The summed E-state index contributed by atoms with van der Waals surface area (Å²) < 4.78 is 67.8. The maximum absolute atomic E-state index is 12.7. The second-order valence-corrected chi connectivity index (χ2v) is 19.2. The highest BCUT2D eigenvalue weighted by molar-refractivity contribution is 8.13. The average molecular weight is 950 g/mol. The van der Waals surface area contributed by atoms with Crippen LogP contribution < -0.4 is 21.1 Å². The number of phosphoric acid groups is 3. The number of aliphatic hydroxyl groups is 2. The highest BCUT2D eigenvalue weighted by Gasteiger charge is 2.50. The number of nitrogens with two attached hydrogens (primary N) is 1. The van der Waals surface area contributed by atoms with Crippen LogP contribution in [0, 0.1) is 5.41 Å². The summed E-state index contributed by atoms with van der Waals surface area (Å²) in [6.45, 7) is 1.91. The number of phosphoric ester groups is 3. The fourth-order valence-electron chi connectivity index (χ4n) is 5.16. The highest BCUT2D eigenvalue weighted by atomic mass is 35.5. The van der Waals surface area contributed by atoms with E-state index < -0.39 is 90.7 Å². The van der Waals surface area contributed by atoms with E-state index in [0.717, 1.165) is 29.0 Å². The smallest absolute Gasteiger partial charge is 0.481 e. The van der Waals surface area contributed by atoms with Crippen LogP contribution in [-0.4, -0.2) is 129 Å². The van der Waals surface area contributed by atoms with Gasteiger partial charge in [-0.15, -0.1) is 0 Å². The van der Waals surface area contributed by atoms with E-state index in [2.05, 4.69) is 34.4 Å². The maximum atomic E-state index is 12.7. The Balaban J connectivity index is 1.20. The number of amides is 2. The molecule has 25 nitrogen and oxygen atoms in total. The van der Waals surface area contributed by atoms with Gasteiger partial charge in [0.2, 0.25) is 16.9 Å². The van der Waals surface area contributed by atoms with Crippen LogP contribution in [0.2, 0.25) is 5.02 Å². The fraction of sp³-hybridized carbons (Fsp3) is 0.533. The van der Waals surface area contributed by atoms with Crippen molar-refractivity contribution in [3.05, 3.63) is 41.9 Å². The van der Waals surface area contributed by atoms with Crippen LogP contribution in [0.1, 0.15) is 33.4 Å². The van der Waals surface area contributed by atoms with Gasteiger partial charge in [0, 0.05) is 35.7 Å². The SMILES string of the molecule is C[C@H](Oc1ccc(Cl)cc1)C(=O)SCCNC(=O)CCNC(=O)C(O)C(C)(C)COP(=O)(O)OP(=O)(O)OC[C@H]1O[C@@H](n2cnc3c(N)ncnc32)[C@H](O)[C@@H]1OP(=O)(O)O. The van der Waals surface area contributed by atoms with Gasteiger partial charge in [-0.2, -0.15) is 4.31 Å². The normalized spacial score (nSPS) is 21.4. The number of ether oxygens (including phenoxy) is 2. The summed E-state index contributed by atoms with van der Waals surface area (Å²) >= 11 is 6.79. The number of nitrogens with one attached hydrogen (secondary N) is 2. The summed E-state index contributed by atoms with van der Waals surface area (Å²) in [7, 11) is -16.4. The van der Waals surface area contributed by atoms with E-state index in [9.17, 15) is 57.9 Å². The molecule has 3 heterocycles. The number of nitrogen functional groups attached to an aromatic ring is 1. The number of imidazole rings is 1. The van der Waals surface area contributed by atoms with Gasteiger partial charge < -0.3 is 55.6 Å². The summed E-state index contributed by atoms with van der Waals surface area (Å²) in [6.07, 6.45) is -7.78. The number of carbonyl (C=O) groups is 3. The zero-order valence-electron chi connectivity index (χ0n) is 31.7. The van der Waals surface area contributed by atoms with E-state index in [1.165, 1.54) is 13.8 Å². The van der Waals surface area contributed by atoms with Gasteiger partial charge in [0.15, 0.2) is 23.8 Å². The molecule has 1 saturated heterocycles. The Bertz CT molecular complexity index is 2130. The van der Waals surface area contributed by atoms with E-state index in [1.807, 2.05) is 0 Å².